The van der Waals surface area contributed by atoms with Crippen LogP contribution >= 0.6 is 0 Å². The van der Waals surface area contributed by atoms with Crippen molar-refractivity contribution in [2.45, 2.75) is 6.92 Å². The summed E-state index contributed by atoms with van der Waals surface area (Å²) in [5.74, 6) is 0. The minimum Gasteiger partial charge on any atom is -0.399 e. The largest absolute Gasteiger partial charge is 0.399 e. The van der Waals surface area contributed by atoms with Gasteiger partial charge in [0.1, 0.15) is 0 Å². The number of hydrogen-bond acceptors (Lipinski definition) is 4. The molecule has 0 saturated heterocycles. The van der Waals surface area contributed by atoms with E-state index in [9.17, 15) is 0 Å². The molecule has 1 rings (SSSR count). The van der Waals surface area contributed by atoms with Crippen LogP contribution in [0, 0.1) is 6.92 Å². The molecule has 4 nitrogen and oxygen atoms in total. The van der Waals surface area contributed by atoms with Crippen molar-refractivity contribution in [2.75, 3.05) is 24.3 Å². The molecule has 0 saturated carbocycles. The molecule has 0 fully saturated rings. The molecule has 0 radical (unpaired) electrons. The molecular weight excluding hydrogens is 166 g/mol. The molecule has 0 aliphatic rings. The van der Waals surface area contributed by atoms with Crippen LogP contribution in [0.4, 0.5) is 11.4 Å². The first-order valence-electron chi connectivity index (χ1n) is 4.19. The van der Waals surface area contributed by atoms with Gasteiger partial charge < -0.3 is 16.3 Å². The summed E-state index contributed by atoms with van der Waals surface area (Å²) < 4.78 is 0. The number of nitrogens with two attached hydrogens (primary N) is 1. The van der Waals surface area contributed by atoms with Crippen molar-refractivity contribution in [3.8, 4) is 0 Å². The molecular formula is C9H15N3O. The van der Waals surface area contributed by atoms with E-state index in [4.69, 9.17) is 10.8 Å². The Hall–Kier alpha value is -1.26. The van der Waals surface area contributed by atoms with Gasteiger partial charge in [0.05, 0.1) is 12.3 Å². The third-order valence-electron chi connectivity index (χ3n) is 1.57. The minimum absolute atomic E-state index is 0.105. The van der Waals surface area contributed by atoms with Crippen LogP contribution in [0.3, 0.4) is 0 Å². The number of nitrogens with one attached hydrogen (secondary N) is 2. The highest BCUT2D eigenvalue weighted by Crippen LogP contribution is 2.14. The van der Waals surface area contributed by atoms with Crippen LogP contribution in [0.2, 0.25) is 0 Å². The maximum atomic E-state index is 8.53. The Kier molecular flexibility index (Phi) is 3.54. The number of rotatable bonds is 4. The third-order valence-corrected chi connectivity index (χ3v) is 1.57. The number of nitrogen functional groups attached to an aromatic ring is 1. The topological polar surface area (TPSA) is 70.3 Å². The second-order valence-corrected chi connectivity index (χ2v) is 2.91. The first-order chi connectivity index (χ1) is 6.22. The van der Waals surface area contributed by atoms with Crippen molar-refractivity contribution in [2.24, 2.45) is 0 Å². The Bertz CT molecular complexity index is 255. The lowest BCUT2D eigenvalue weighted by Gasteiger charge is -2.08. The van der Waals surface area contributed by atoms with Gasteiger partial charge in [-0.15, -0.1) is 0 Å². The van der Waals surface area contributed by atoms with E-state index in [1.807, 2.05) is 25.1 Å². The lowest BCUT2D eigenvalue weighted by Crippen LogP contribution is -2.24. The fourth-order valence-corrected chi connectivity index (χ4v) is 1.11. The molecule has 0 bridgehead atoms. The average molecular weight is 181 g/mol. The highest BCUT2D eigenvalue weighted by Gasteiger charge is 1.94. The SMILES string of the molecule is Cc1cc(N)cc(NNCCO)c1. The Morgan fingerprint density at radius 1 is 1.38 bits per heavy atom. The standard InChI is InChI=1S/C9H15N3O/c1-7-4-8(10)6-9(5-7)12-11-2-3-13/h4-6,11-13H,2-3,10H2,1H3. The molecule has 0 aromatic heterocycles. The number of aliphatic hydroxyl groups is 1. The zero-order valence-electron chi connectivity index (χ0n) is 7.67. The fraction of sp³-hybridized carbons (Fsp3) is 0.333. The summed E-state index contributed by atoms with van der Waals surface area (Å²) in [6.45, 7) is 2.59. The summed E-state index contributed by atoms with van der Waals surface area (Å²) in [5.41, 5.74) is 14.2. The molecule has 0 spiro atoms. The molecule has 5 N–H and O–H groups in total. The summed E-state index contributed by atoms with van der Waals surface area (Å²) in [6.07, 6.45) is 0. The van der Waals surface area contributed by atoms with E-state index in [1.165, 1.54) is 0 Å². The van der Waals surface area contributed by atoms with Gasteiger partial charge in [-0.1, -0.05) is 0 Å². The van der Waals surface area contributed by atoms with Crippen molar-refractivity contribution in [1.29, 1.82) is 0 Å². The summed E-state index contributed by atoms with van der Waals surface area (Å²) in [6, 6.07) is 5.70. The predicted octanol–water partition coefficient (Wildman–Crippen LogP) is 0.486. The van der Waals surface area contributed by atoms with Gasteiger partial charge in [-0.3, -0.25) is 0 Å². The van der Waals surface area contributed by atoms with Gasteiger partial charge >= 0.3 is 0 Å². The first-order valence-corrected chi connectivity index (χ1v) is 4.19. The van der Waals surface area contributed by atoms with Gasteiger partial charge in [-0.25, -0.2) is 5.43 Å². The predicted molar refractivity (Wildman–Crippen MR) is 54.3 cm³/mol. The summed E-state index contributed by atoms with van der Waals surface area (Å²) in [5, 5.41) is 8.53. The van der Waals surface area contributed by atoms with Crippen molar-refractivity contribution < 1.29 is 5.11 Å². The number of benzene rings is 1. The molecule has 0 heterocycles. The quantitative estimate of drug-likeness (QED) is 0.310. The normalized spacial score (nSPS) is 10.0. The van der Waals surface area contributed by atoms with Crippen LogP contribution in [-0.2, 0) is 0 Å². The maximum absolute atomic E-state index is 8.53. The lowest BCUT2D eigenvalue weighted by molar-refractivity contribution is 0.296. The minimum atomic E-state index is 0.105. The Morgan fingerprint density at radius 2 is 2.15 bits per heavy atom. The summed E-state index contributed by atoms with van der Waals surface area (Å²) in [4.78, 5) is 0. The Balaban J connectivity index is 2.56. The van der Waals surface area contributed by atoms with Gasteiger partial charge in [0, 0.05) is 12.2 Å². The molecule has 1 aromatic carbocycles. The van der Waals surface area contributed by atoms with E-state index < -0.39 is 0 Å². The molecule has 72 valence electrons. The van der Waals surface area contributed by atoms with Crippen LogP contribution in [0.15, 0.2) is 18.2 Å². The van der Waals surface area contributed by atoms with Gasteiger partial charge in [-0.2, -0.15) is 0 Å². The van der Waals surface area contributed by atoms with Crippen LogP contribution < -0.4 is 16.6 Å². The van der Waals surface area contributed by atoms with Crippen molar-refractivity contribution in [1.82, 2.24) is 5.43 Å². The highest BCUT2D eigenvalue weighted by atomic mass is 16.3. The molecule has 13 heavy (non-hydrogen) atoms. The molecule has 0 unspecified atom stereocenters. The monoisotopic (exact) mass is 181 g/mol. The van der Waals surface area contributed by atoms with E-state index in [0.717, 1.165) is 16.9 Å². The highest BCUT2D eigenvalue weighted by molar-refractivity contribution is 5.56. The lowest BCUT2D eigenvalue weighted by atomic mass is 10.2. The van der Waals surface area contributed by atoms with Gasteiger partial charge in [0.15, 0.2) is 0 Å². The van der Waals surface area contributed by atoms with Gasteiger partial charge in [0.2, 0.25) is 0 Å². The van der Waals surface area contributed by atoms with E-state index >= 15 is 0 Å². The van der Waals surface area contributed by atoms with Crippen LogP contribution in [0.25, 0.3) is 0 Å². The van der Waals surface area contributed by atoms with Crippen LogP contribution in [0.5, 0.6) is 0 Å². The Labute approximate surface area is 77.7 Å². The molecule has 0 amide bonds. The molecule has 0 aliphatic heterocycles. The number of hydrazine groups is 1. The van der Waals surface area contributed by atoms with E-state index in [2.05, 4.69) is 10.9 Å². The number of aliphatic hydroxyl groups excluding tert-OH is 1. The second kappa shape index (κ2) is 4.69. The second-order valence-electron chi connectivity index (χ2n) is 2.91. The van der Waals surface area contributed by atoms with Crippen molar-refractivity contribution >= 4 is 11.4 Å². The molecule has 4 heteroatoms. The zero-order valence-corrected chi connectivity index (χ0v) is 7.67. The maximum Gasteiger partial charge on any atom is 0.0574 e. The number of hydrogen-bond donors (Lipinski definition) is 4. The van der Waals surface area contributed by atoms with Crippen molar-refractivity contribution in [3.05, 3.63) is 23.8 Å². The van der Waals surface area contributed by atoms with E-state index in [-0.39, 0.29) is 6.61 Å². The average Bonchev–Trinajstić information content (AvgIpc) is 2.03. The zero-order chi connectivity index (χ0) is 9.68. The summed E-state index contributed by atoms with van der Waals surface area (Å²) in [7, 11) is 0. The van der Waals surface area contributed by atoms with Gasteiger partial charge in [-0.05, 0) is 30.7 Å². The van der Waals surface area contributed by atoms with E-state index in [1.54, 1.807) is 0 Å². The molecule has 1 aromatic rings. The summed E-state index contributed by atoms with van der Waals surface area (Å²) >= 11 is 0. The Morgan fingerprint density at radius 3 is 2.77 bits per heavy atom. The van der Waals surface area contributed by atoms with Gasteiger partial charge in [0.25, 0.3) is 0 Å². The fourth-order valence-electron chi connectivity index (χ4n) is 1.11. The number of anilines is 2. The third kappa shape index (κ3) is 3.31. The van der Waals surface area contributed by atoms with Crippen LogP contribution in [-0.4, -0.2) is 18.3 Å². The van der Waals surface area contributed by atoms with Crippen LogP contribution in [0.1, 0.15) is 5.56 Å². The van der Waals surface area contributed by atoms with Crippen molar-refractivity contribution in [3.63, 3.8) is 0 Å². The van der Waals surface area contributed by atoms with E-state index in [0.29, 0.717) is 6.54 Å². The molecule has 0 aliphatic carbocycles. The number of aryl methyl sites for hydroxylation is 1. The smallest absolute Gasteiger partial charge is 0.0574 e. The first kappa shape index (κ1) is 9.83. The molecule has 0 atom stereocenters.